The van der Waals surface area contributed by atoms with E-state index in [0.717, 1.165) is 94.0 Å². The number of aryl methyl sites for hydroxylation is 4. The fraction of sp³-hybridized carbons (Fsp3) is 0.389. The normalized spacial score (nSPS) is 11.6. The number of fused-ring (bicyclic) bond motifs is 2. The fourth-order valence-electron chi connectivity index (χ4n) is 6.54. The molecule has 2 aromatic heterocycles. The van der Waals surface area contributed by atoms with Crippen molar-refractivity contribution < 1.29 is 19.7 Å². The van der Waals surface area contributed by atoms with Gasteiger partial charge in [-0.1, -0.05) is 73.8 Å². The van der Waals surface area contributed by atoms with Crippen molar-refractivity contribution in [2.75, 3.05) is 13.2 Å². The van der Waals surface area contributed by atoms with Crippen LogP contribution in [0.15, 0.2) is 54.6 Å². The molecule has 0 aliphatic rings. The Morgan fingerprint density at radius 2 is 1.68 bits per heavy atom. The number of carbonyl (C=O) groups is 1. The van der Waals surface area contributed by atoms with Crippen molar-refractivity contribution in [3.63, 3.8) is 0 Å². The summed E-state index contributed by atoms with van der Waals surface area (Å²) in [6, 6.07) is 18.1. The molecule has 2 N–H and O–H groups in total. The number of hydrogen-bond acceptors (Lipinski definition) is 4. The third kappa shape index (κ3) is 6.21. The highest BCUT2D eigenvalue weighted by Crippen LogP contribution is 2.43. The zero-order valence-electron chi connectivity index (χ0n) is 25.9. The van der Waals surface area contributed by atoms with Crippen LogP contribution in [0.25, 0.3) is 32.8 Å². The highest BCUT2D eigenvalue weighted by Gasteiger charge is 2.28. The Kier molecular flexibility index (Phi) is 10.3. The van der Waals surface area contributed by atoms with Gasteiger partial charge in [0.25, 0.3) is 0 Å². The summed E-state index contributed by atoms with van der Waals surface area (Å²) < 4.78 is 10.1. The molecule has 0 atom stereocenters. The number of aliphatic hydroxyl groups excluding tert-OH is 1. The Bertz CT molecular complexity index is 1770. The van der Waals surface area contributed by atoms with Crippen LogP contribution in [0.5, 0.6) is 5.75 Å². The van der Waals surface area contributed by atoms with Crippen molar-refractivity contribution in [3.05, 3.63) is 82.3 Å². The molecule has 2 heterocycles. The monoisotopic (exact) mass is 615 g/mol. The van der Waals surface area contributed by atoms with Crippen molar-refractivity contribution in [1.29, 1.82) is 0 Å². The predicted molar refractivity (Wildman–Crippen MR) is 178 cm³/mol. The fourth-order valence-corrected chi connectivity index (χ4v) is 6.79. The van der Waals surface area contributed by atoms with Crippen LogP contribution in [0.2, 0.25) is 5.02 Å². The number of nitrogens with zero attached hydrogens (tertiary/aromatic N) is 3. The minimum Gasteiger partial charge on any atom is -0.493 e. The summed E-state index contributed by atoms with van der Waals surface area (Å²) >= 11 is 7.02. The van der Waals surface area contributed by atoms with Crippen molar-refractivity contribution in [2.24, 2.45) is 7.05 Å². The number of carboxylic acid groups (broad SMARTS) is 1. The molecule has 0 saturated heterocycles. The van der Waals surface area contributed by atoms with Crippen molar-refractivity contribution in [3.8, 4) is 16.9 Å². The zero-order chi connectivity index (χ0) is 31.2. The molecule has 0 aliphatic carbocycles. The highest BCUT2D eigenvalue weighted by molar-refractivity contribution is 6.35. The molecule has 0 radical (unpaired) electrons. The molecule has 0 bridgehead atoms. The molecule has 0 amide bonds. The Hall–Kier alpha value is -3.81. The van der Waals surface area contributed by atoms with Gasteiger partial charge in [-0.25, -0.2) is 4.79 Å². The maximum Gasteiger partial charge on any atom is 0.352 e. The lowest BCUT2D eigenvalue weighted by atomic mass is 9.95. The molecule has 0 spiro atoms. The van der Waals surface area contributed by atoms with E-state index in [2.05, 4.69) is 25.1 Å². The van der Waals surface area contributed by atoms with Gasteiger partial charge in [-0.3, -0.25) is 4.68 Å². The van der Waals surface area contributed by atoms with Crippen LogP contribution in [0.1, 0.15) is 73.4 Å². The first-order valence-corrected chi connectivity index (χ1v) is 16.1. The SMILES string of the molecule is CCc1c(-c2c(Cl)ccc3c(CCCOc4cccc5ccccc45)c(C(=O)O)n(CC)c23)c(CCCCCCO)nn1C. The molecule has 7 nitrogen and oxygen atoms in total. The lowest BCUT2D eigenvalue weighted by Crippen LogP contribution is -2.11. The van der Waals surface area contributed by atoms with Gasteiger partial charge in [0.2, 0.25) is 0 Å². The number of aromatic nitrogens is 3. The summed E-state index contributed by atoms with van der Waals surface area (Å²) in [6.07, 6.45) is 6.53. The van der Waals surface area contributed by atoms with Crippen molar-refractivity contribution in [2.45, 2.75) is 71.8 Å². The van der Waals surface area contributed by atoms with Crippen LogP contribution in [-0.2, 0) is 32.9 Å². The molecule has 3 aromatic carbocycles. The van der Waals surface area contributed by atoms with Gasteiger partial charge in [-0.15, -0.1) is 0 Å². The topological polar surface area (TPSA) is 89.5 Å². The Morgan fingerprint density at radius 3 is 2.43 bits per heavy atom. The summed E-state index contributed by atoms with van der Waals surface area (Å²) in [5, 5.41) is 28.3. The number of ether oxygens (including phenoxy) is 1. The van der Waals surface area contributed by atoms with E-state index < -0.39 is 5.97 Å². The smallest absolute Gasteiger partial charge is 0.352 e. The van der Waals surface area contributed by atoms with Gasteiger partial charge in [-0.05, 0) is 68.5 Å². The number of hydrogen-bond donors (Lipinski definition) is 2. The number of carboxylic acids is 1. The molecule has 0 saturated carbocycles. The molecule has 5 rings (SSSR count). The molecular weight excluding hydrogens is 574 g/mol. The lowest BCUT2D eigenvalue weighted by molar-refractivity contribution is 0.0684. The van der Waals surface area contributed by atoms with E-state index in [4.69, 9.17) is 26.5 Å². The molecule has 0 unspecified atom stereocenters. The van der Waals surface area contributed by atoms with Crippen LogP contribution in [0, 0.1) is 0 Å². The third-order valence-electron chi connectivity index (χ3n) is 8.52. The first-order valence-electron chi connectivity index (χ1n) is 15.7. The lowest BCUT2D eigenvalue weighted by Gasteiger charge is -2.14. The molecular formula is C36H42ClN3O4. The standard InChI is InChI=1S/C36H42ClN3O4/c1-4-30-33(29(38-39(30)3)18-8-6-7-11-22-41)32-28(37)21-20-27-26(35(36(42)43)40(5-2)34(27)32)17-13-23-44-31-19-12-15-24-14-9-10-16-25(24)31/h9-10,12,14-16,19-21,41H,4-8,11,13,17-18,22-23H2,1-3H3,(H,42,43). The number of rotatable bonds is 15. The van der Waals surface area contributed by atoms with Crippen molar-refractivity contribution in [1.82, 2.24) is 14.3 Å². The Labute approximate surface area is 264 Å². The number of aromatic carboxylic acids is 1. The van der Waals surface area contributed by atoms with E-state index in [0.29, 0.717) is 36.7 Å². The maximum atomic E-state index is 12.8. The summed E-state index contributed by atoms with van der Waals surface area (Å²) in [6.45, 7) is 5.27. The number of aliphatic hydroxyl groups is 1. The van der Waals surface area contributed by atoms with E-state index >= 15 is 0 Å². The Morgan fingerprint density at radius 1 is 0.909 bits per heavy atom. The van der Waals surface area contributed by atoms with Gasteiger partial charge in [0, 0.05) is 47.8 Å². The zero-order valence-corrected chi connectivity index (χ0v) is 26.7. The van der Waals surface area contributed by atoms with Gasteiger partial charge in [0.05, 0.1) is 22.8 Å². The second-order valence-electron chi connectivity index (χ2n) is 11.3. The summed E-state index contributed by atoms with van der Waals surface area (Å²) in [5.41, 5.74) is 5.91. The van der Waals surface area contributed by atoms with E-state index in [-0.39, 0.29) is 6.61 Å². The minimum atomic E-state index is -0.943. The summed E-state index contributed by atoms with van der Waals surface area (Å²) in [5.74, 6) is -0.111. The first-order chi connectivity index (χ1) is 21.4. The molecule has 232 valence electrons. The second-order valence-corrected chi connectivity index (χ2v) is 11.7. The molecule has 0 aliphatic heterocycles. The molecule has 5 aromatic rings. The van der Waals surface area contributed by atoms with E-state index in [1.54, 1.807) is 0 Å². The molecule has 44 heavy (non-hydrogen) atoms. The minimum absolute atomic E-state index is 0.212. The predicted octanol–water partition coefficient (Wildman–Crippen LogP) is 8.24. The largest absolute Gasteiger partial charge is 0.493 e. The first kappa shape index (κ1) is 31.6. The Balaban J connectivity index is 1.53. The van der Waals surface area contributed by atoms with Gasteiger partial charge >= 0.3 is 5.97 Å². The average Bonchev–Trinajstić information content (AvgIpc) is 3.52. The van der Waals surface area contributed by atoms with Gasteiger partial charge < -0.3 is 19.5 Å². The maximum absolute atomic E-state index is 12.8. The van der Waals surface area contributed by atoms with Crippen LogP contribution in [0.3, 0.4) is 0 Å². The van der Waals surface area contributed by atoms with E-state index in [1.807, 2.05) is 59.6 Å². The van der Waals surface area contributed by atoms with Crippen LogP contribution in [0.4, 0.5) is 0 Å². The van der Waals surface area contributed by atoms with Crippen LogP contribution < -0.4 is 4.74 Å². The van der Waals surface area contributed by atoms with E-state index in [9.17, 15) is 9.90 Å². The van der Waals surface area contributed by atoms with E-state index in [1.165, 1.54) is 0 Å². The van der Waals surface area contributed by atoms with Gasteiger partial charge in [0.15, 0.2) is 0 Å². The van der Waals surface area contributed by atoms with Crippen LogP contribution in [-0.4, -0.2) is 43.7 Å². The molecule has 0 fully saturated rings. The third-order valence-corrected chi connectivity index (χ3v) is 8.84. The quantitative estimate of drug-likeness (QED) is 0.116. The number of unbranched alkanes of at least 4 members (excludes halogenated alkanes) is 3. The second kappa shape index (κ2) is 14.3. The summed E-state index contributed by atoms with van der Waals surface area (Å²) in [4.78, 5) is 12.8. The average molecular weight is 616 g/mol. The van der Waals surface area contributed by atoms with Gasteiger partial charge in [-0.2, -0.15) is 5.10 Å². The number of benzene rings is 3. The van der Waals surface area contributed by atoms with Crippen molar-refractivity contribution >= 4 is 39.2 Å². The highest BCUT2D eigenvalue weighted by atomic mass is 35.5. The van der Waals surface area contributed by atoms with Crippen LogP contribution >= 0.6 is 11.6 Å². The van der Waals surface area contributed by atoms with Gasteiger partial charge in [0.1, 0.15) is 11.4 Å². The summed E-state index contributed by atoms with van der Waals surface area (Å²) in [7, 11) is 1.97. The molecule has 8 heteroatoms. The number of halogens is 1.